The van der Waals surface area contributed by atoms with Crippen molar-refractivity contribution in [3.05, 3.63) is 18.2 Å². The van der Waals surface area contributed by atoms with Crippen LogP contribution in [0.15, 0.2) is 18.2 Å². The van der Waals surface area contributed by atoms with Crippen LogP contribution in [-0.4, -0.2) is 30.3 Å². The number of rotatable bonds is 4. The van der Waals surface area contributed by atoms with E-state index in [1.165, 1.54) is 7.11 Å². The number of amides is 2. The summed E-state index contributed by atoms with van der Waals surface area (Å²) in [4.78, 5) is 23.2. The highest BCUT2D eigenvalue weighted by Gasteiger charge is 2.32. The summed E-state index contributed by atoms with van der Waals surface area (Å²) in [5.74, 6) is -0.672. The lowest BCUT2D eigenvalue weighted by molar-refractivity contribution is -0.141. The van der Waals surface area contributed by atoms with Crippen LogP contribution in [0.2, 0.25) is 0 Å². The molecule has 116 valence electrons. The summed E-state index contributed by atoms with van der Waals surface area (Å²) in [6.07, 6.45) is 0. The molecule has 0 bridgehead atoms. The zero-order chi connectivity index (χ0) is 16.2. The zero-order valence-corrected chi connectivity index (χ0v) is 12.6. The Balaban J connectivity index is 2.85. The summed E-state index contributed by atoms with van der Waals surface area (Å²) in [6, 6.07) is 3.27. The third-order valence-corrected chi connectivity index (χ3v) is 2.92. The molecule has 2 amide bonds. The van der Waals surface area contributed by atoms with Gasteiger partial charge < -0.3 is 26.2 Å². The standard InChI is InChI=1S/C14H21N3O4/c1-14(2,3)11(12(18)19)17-13(20)16-8-6-5-7-9(21-4)10(8)15/h5-7,11H,15H2,1-4H3,(H,18,19)(H2,16,17,20)/t11-/m1/s1. The van der Waals surface area contributed by atoms with Gasteiger partial charge in [-0.25, -0.2) is 9.59 Å². The Hall–Kier alpha value is -2.44. The molecule has 1 rings (SSSR count). The minimum absolute atomic E-state index is 0.276. The first-order chi connectivity index (χ1) is 9.66. The van der Waals surface area contributed by atoms with E-state index in [1.54, 1.807) is 39.0 Å². The summed E-state index contributed by atoms with van der Waals surface area (Å²) in [5.41, 5.74) is 5.84. The van der Waals surface area contributed by atoms with Crippen LogP contribution in [-0.2, 0) is 4.79 Å². The monoisotopic (exact) mass is 295 g/mol. The topological polar surface area (TPSA) is 114 Å². The van der Waals surface area contributed by atoms with Crippen LogP contribution in [0.5, 0.6) is 5.75 Å². The zero-order valence-electron chi connectivity index (χ0n) is 12.6. The van der Waals surface area contributed by atoms with Gasteiger partial charge in [0.15, 0.2) is 0 Å². The highest BCUT2D eigenvalue weighted by molar-refractivity contribution is 5.95. The van der Waals surface area contributed by atoms with Crippen molar-refractivity contribution >= 4 is 23.4 Å². The first-order valence-corrected chi connectivity index (χ1v) is 6.39. The number of benzene rings is 1. The van der Waals surface area contributed by atoms with Crippen molar-refractivity contribution in [1.29, 1.82) is 0 Å². The Bertz CT molecular complexity index is 538. The Kier molecular flexibility index (Phi) is 5.02. The van der Waals surface area contributed by atoms with E-state index in [0.29, 0.717) is 11.4 Å². The minimum Gasteiger partial charge on any atom is -0.495 e. The van der Waals surface area contributed by atoms with E-state index in [-0.39, 0.29) is 5.69 Å². The lowest BCUT2D eigenvalue weighted by Crippen LogP contribution is -2.50. The highest BCUT2D eigenvalue weighted by atomic mass is 16.5. The van der Waals surface area contributed by atoms with Crippen molar-refractivity contribution in [2.75, 3.05) is 18.2 Å². The molecule has 21 heavy (non-hydrogen) atoms. The van der Waals surface area contributed by atoms with Gasteiger partial charge in [0.05, 0.1) is 18.5 Å². The molecule has 0 spiro atoms. The van der Waals surface area contributed by atoms with E-state index in [2.05, 4.69) is 10.6 Å². The summed E-state index contributed by atoms with van der Waals surface area (Å²) < 4.78 is 5.05. The number of hydrogen-bond acceptors (Lipinski definition) is 4. The van der Waals surface area contributed by atoms with E-state index in [1.807, 2.05) is 0 Å². The molecule has 0 radical (unpaired) electrons. The van der Waals surface area contributed by atoms with E-state index in [9.17, 15) is 14.7 Å². The summed E-state index contributed by atoms with van der Waals surface area (Å²) in [7, 11) is 1.47. The summed E-state index contributed by atoms with van der Waals surface area (Å²) >= 11 is 0. The number of carbonyl (C=O) groups is 2. The normalized spacial score (nSPS) is 12.4. The number of carboxylic acid groups (broad SMARTS) is 1. The fraction of sp³-hybridized carbons (Fsp3) is 0.429. The molecule has 0 aromatic heterocycles. The predicted octanol–water partition coefficient (Wildman–Crippen LogP) is 1.90. The lowest BCUT2D eigenvalue weighted by atomic mass is 9.87. The second-order valence-electron chi connectivity index (χ2n) is 5.66. The molecule has 0 heterocycles. The number of anilines is 2. The van der Waals surface area contributed by atoms with Crippen molar-refractivity contribution in [3.8, 4) is 5.75 Å². The third kappa shape index (κ3) is 4.27. The second-order valence-corrected chi connectivity index (χ2v) is 5.66. The number of nitrogens with two attached hydrogens (primary N) is 1. The van der Waals surface area contributed by atoms with Crippen molar-refractivity contribution in [3.63, 3.8) is 0 Å². The molecule has 0 aliphatic rings. The molecule has 0 unspecified atom stereocenters. The van der Waals surface area contributed by atoms with Gasteiger partial charge in [0.1, 0.15) is 11.8 Å². The fourth-order valence-electron chi connectivity index (χ4n) is 1.77. The number of methoxy groups -OCH3 is 1. The van der Waals surface area contributed by atoms with E-state index in [4.69, 9.17) is 10.5 Å². The maximum absolute atomic E-state index is 11.9. The molecule has 0 saturated heterocycles. The average molecular weight is 295 g/mol. The molecule has 7 nitrogen and oxygen atoms in total. The van der Waals surface area contributed by atoms with Crippen molar-refractivity contribution in [1.82, 2.24) is 5.32 Å². The molecule has 0 saturated carbocycles. The Morgan fingerprint density at radius 3 is 2.43 bits per heavy atom. The molecule has 0 fully saturated rings. The maximum Gasteiger partial charge on any atom is 0.326 e. The molecule has 5 N–H and O–H groups in total. The molecule has 1 aromatic carbocycles. The molecular formula is C14H21N3O4. The van der Waals surface area contributed by atoms with Crippen molar-refractivity contribution in [2.24, 2.45) is 5.41 Å². The van der Waals surface area contributed by atoms with Gasteiger partial charge in [0, 0.05) is 0 Å². The van der Waals surface area contributed by atoms with Gasteiger partial charge in [-0.05, 0) is 17.5 Å². The smallest absolute Gasteiger partial charge is 0.326 e. The molecule has 1 atom stereocenters. The number of urea groups is 1. The lowest BCUT2D eigenvalue weighted by Gasteiger charge is -2.27. The van der Waals surface area contributed by atoms with Crippen LogP contribution in [0.25, 0.3) is 0 Å². The number of para-hydroxylation sites is 1. The number of aliphatic carboxylic acids is 1. The highest BCUT2D eigenvalue weighted by Crippen LogP contribution is 2.29. The average Bonchev–Trinajstić information content (AvgIpc) is 2.37. The molecule has 0 aliphatic carbocycles. The first kappa shape index (κ1) is 16.6. The molecule has 1 aromatic rings. The van der Waals surface area contributed by atoms with Crippen LogP contribution >= 0.6 is 0 Å². The quantitative estimate of drug-likeness (QED) is 0.633. The number of carbonyl (C=O) groups excluding carboxylic acids is 1. The van der Waals surface area contributed by atoms with E-state index < -0.39 is 23.5 Å². The van der Waals surface area contributed by atoms with Gasteiger partial charge in [0.2, 0.25) is 0 Å². The third-order valence-electron chi connectivity index (χ3n) is 2.92. The summed E-state index contributed by atoms with van der Waals surface area (Å²) in [5, 5.41) is 14.1. The van der Waals surface area contributed by atoms with Gasteiger partial charge in [-0.15, -0.1) is 0 Å². The SMILES string of the molecule is COc1cccc(NC(=O)N[C@H](C(=O)O)C(C)(C)C)c1N. The number of nitrogen functional groups attached to an aromatic ring is 1. The Labute approximate surface area is 123 Å². The fourth-order valence-corrected chi connectivity index (χ4v) is 1.77. The molecule has 7 heteroatoms. The van der Waals surface area contributed by atoms with E-state index in [0.717, 1.165) is 0 Å². The minimum atomic E-state index is -1.10. The molecule has 0 aliphatic heterocycles. The van der Waals surface area contributed by atoms with E-state index >= 15 is 0 Å². The van der Waals surface area contributed by atoms with Crippen molar-refractivity contribution < 1.29 is 19.4 Å². The largest absolute Gasteiger partial charge is 0.495 e. The number of nitrogens with one attached hydrogen (secondary N) is 2. The number of hydrogen-bond donors (Lipinski definition) is 4. The van der Waals surface area contributed by atoms with Crippen LogP contribution in [0, 0.1) is 5.41 Å². The first-order valence-electron chi connectivity index (χ1n) is 6.39. The Morgan fingerprint density at radius 1 is 1.33 bits per heavy atom. The van der Waals surface area contributed by atoms with Gasteiger partial charge in [-0.1, -0.05) is 26.8 Å². The van der Waals surface area contributed by atoms with Gasteiger partial charge in [-0.2, -0.15) is 0 Å². The van der Waals surface area contributed by atoms with Gasteiger partial charge in [-0.3, -0.25) is 0 Å². The van der Waals surface area contributed by atoms with Crippen LogP contribution in [0.1, 0.15) is 20.8 Å². The van der Waals surface area contributed by atoms with Crippen LogP contribution < -0.4 is 21.1 Å². The number of ether oxygens (including phenoxy) is 1. The van der Waals surface area contributed by atoms with Gasteiger partial charge in [0.25, 0.3) is 0 Å². The van der Waals surface area contributed by atoms with Crippen LogP contribution in [0.4, 0.5) is 16.2 Å². The molecular weight excluding hydrogens is 274 g/mol. The predicted molar refractivity (Wildman–Crippen MR) is 80.4 cm³/mol. The maximum atomic E-state index is 11.9. The van der Waals surface area contributed by atoms with Crippen molar-refractivity contribution in [2.45, 2.75) is 26.8 Å². The van der Waals surface area contributed by atoms with Gasteiger partial charge >= 0.3 is 12.0 Å². The number of carboxylic acids is 1. The summed E-state index contributed by atoms with van der Waals surface area (Å²) in [6.45, 7) is 5.18. The van der Waals surface area contributed by atoms with Crippen LogP contribution in [0.3, 0.4) is 0 Å². The Morgan fingerprint density at radius 2 is 1.95 bits per heavy atom. The second kappa shape index (κ2) is 6.34.